The van der Waals surface area contributed by atoms with E-state index in [1.54, 1.807) is 24.3 Å². The maximum Gasteiger partial charge on any atom is 0.573 e. The van der Waals surface area contributed by atoms with Crippen LogP contribution in [0.3, 0.4) is 0 Å². The Hall–Kier alpha value is -2.83. The molecular formula is C15H8F3NO3. The van der Waals surface area contributed by atoms with Gasteiger partial charge < -0.3 is 9.15 Å². The molecule has 7 heteroatoms. The average molecular weight is 307 g/mol. The second-order valence-corrected chi connectivity index (χ2v) is 4.40. The van der Waals surface area contributed by atoms with E-state index in [4.69, 9.17) is 4.42 Å². The van der Waals surface area contributed by atoms with Crippen molar-refractivity contribution in [3.05, 3.63) is 59.0 Å². The highest BCUT2D eigenvalue weighted by Crippen LogP contribution is 2.25. The molecule has 0 amide bonds. The number of hydrogen-bond donors (Lipinski definition) is 0. The molecule has 3 aromatic rings. The fourth-order valence-corrected chi connectivity index (χ4v) is 1.94. The molecule has 2 aromatic carbocycles. The van der Waals surface area contributed by atoms with E-state index in [9.17, 15) is 18.0 Å². The van der Waals surface area contributed by atoms with Gasteiger partial charge in [0.1, 0.15) is 5.75 Å². The van der Waals surface area contributed by atoms with Crippen LogP contribution in [0.15, 0.2) is 57.7 Å². The lowest BCUT2D eigenvalue weighted by molar-refractivity contribution is -0.274. The van der Waals surface area contributed by atoms with Crippen LogP contribution in [0.1, 0.15) is 0 Å². The summed E-state index contributed by atoms with van der Waals surface area (Å²) in [6.45, 7) is 0. The third-order valence-corrected chi connectivity index (χ3v) is 2.87. The van der Waals surface area contributed by atoms with E-state index in [1.807, 2.05) is 0 Å². The second kappa shape index (κ2) is 5.18. The van der Waals surface area contributed by atoms with Crippen LogP contribution in [0, 0.1) is 0 Å². The van der Waals surface area contributed by atoms with Gasteiger partial charge in [-0.25, -0.2) is 9.78 Å². The molecule has 0 fully saturated rings. The van der Waals surface area contributed by atoms with Gasteiger partial charge in [-0.1, -0.05) is 12.1 Å². The Bertz CT molecular complexity index is 870. The number of aromatic nitrogens is 1. The minimum Gasteiger partial charge on any atom is -0.406 e. The van der Waals surface area contributed by atoms with E-state index in [0.717, 1.165) is 12.1 Å². The highest BCUT2D eigenvalue weighted by Gasteiger charge is 2.31. The minimum absolute atomic E-state index is 0.0299. The first-order chi connectivity index (χ1) is 10.4. The molecule has 0 N–H and O–H groups in total. The smallest absolute Gasteiger partial charge is 0.406 e. The molecule has 4 nitrogen and oxygen atoms in total. The molecule has 112 valence electrons. The zero-order valence-electron chi connectivity index (χ0n) is 10.9. The van der Waals surface area contributed by atoms with Crippen molar-refractivity contribution in [3.8, 4) is 17.2 Å². The Morgan fingerprint density at radius 3 is 2.36 bits per heavy atom. The number of ether oxygens (including phenoxy) is 1. The highest BCUT2D eigenvalue weighted by atomic mass is 19.4. The number of fused-ring (bicyclic) bond motifs is 1. The maximum atomic E-state index is 12.1. The van der Waals surface area contributed by atoms with Crippen molar-refractivity contribution >= 4 is 10.9 Å². The van der Waals surface area contributed by atoms with Gasteiger partial charge in [0.15, 0.2) is 0 Å². The first-order valence-electron chi connectivity index (χ1n) is 6.18. The summed E-state index contributed by atoms with van der Waals surface area (Å²) >= 11 is 0. The molecule has 1 aromatic heterocycles. The summed E-state index contributed by atoms with van der Waals surface area (Å²) < 4.78 is 45.2. The van der Waals surface area contributed by atoms with Gasteiger partial charge in [0.2, 0.25) is 5.89 Å². The van der Waals surface area contributed by atoms with Crippen LogP contribution >= 0.6 is 0 Å². The number of alkyl halides is 3. The van der Waals surface area contributed by atoms with Crippen LogP contribution in [0.4, 0.5) is 13.2 Å². The fourth-order valence-electron chi connectivity index (χ4n) is 1.94. The molecule has 0 saturated carbocycles. The number of para-hydroxylation sites is 1. The molecular weight excluding hydrogens is 299 g/mol. The molecule has 0 aliphatic heterocycles. The molecule has 0 bridgehead atoms. The van der Waals surface area contributed by atoms with Gasteiger partial charge in [0.05, 0.1) is 10.9 Å². The lowest BCUT2D eigenvalue weighted by atomic mass is 10.2. The Balaban J connectivity index is 1.99. The zero-order valence-corrected chi connectivity index (χ0v) is 10.9. The lowest BCUT2D eigenvalue weighted by Crippen LogP contribution is -2.16. The van der Waals surface area contributed by atoms with Crippen LogP contribution < -0.4 is 10.4 Å². The molecule has 0 aliphatic carbocycles. The van der Waals surface area contributed by atoms with Crippen LogP contribution in [0.5, 0.6) is 5.75 Å². The molecule has 3 rings (SSSR count). The lowest BCUT2D eigenvalue weighted by Gasteiger charge is -2.08. The van der Waals surface area contributed by atoms with Gasteiger partial charge in [0.25, 0.3) is 0 Å². The highest BCUT2D eigenvalue weighted by molar-refractivity contribution is 5.78. The van der Waals surface area contributed by atoms with E-state index in [0.29, 0.717) is 16.5 Å². The van der Waals surface area contributed by atoms with Crippen LogP contribution in [0.25, 0.3) is 22.4 Å². The van der Waals surface area contributed by atoms with E-state index < -0.39 is 12.0 Å². The van der Waals surface area contributed by atoms with Crippen LogP contribution in [-0.4, -0.2) is 11.3 Å². The van der Waals surface area contributed by atoms with Crippen molar-refractivity contribution in [3.63, 3.8) is 0 Å². The van der Waals surface area contributed by atoms with Crippen molar-refractivity contribution in [2.24, 2.45) is 0 Å². The number of benzene rings is 2. The van der Waals surface area contributed by atoms with Gasteiger partial charge in [-0.15, -0.1) is 13.2 Å². The quantitative estimate of drug-likeness (QED) is 0.723. The zero-order chi connectivity index (χ0) is 15.7. The first kappa shape index (κ1) is 14.1. The standard InChI is InChI=1S/C15H8F3NO3/c16-15(17,18)22-10-7-5-9(6-8-10)13-19-12-4-2-1-3-11(12)14(20)21-13/h1-8H. The van der Waals surface area contributed by atoms with Crippen molar-refractivity contribution < 1.29 is 22.3 Å². The maximum absolute atomic E-state index is 12.1. The van der Waals surface area contributed by atoms with Crippen molar-refractivity contribution in [2.45, 2.75) is 6.36 Å². The summed E-state index contributed by atoms with van der Waals surface area (Å²) in [6, 6.07) is 11.6. The predicted octanol–water partition coefficient (Wildman–Crippen LogP) is 3.75. The average Bonchev–Trinajstić information content (AvgIpc) is 2.46. The summed E-state index contributed by atoms with van der Waals surface area (Å²) in [5.41, 5.74) is 0.262. The summed E-state index contributed by atoms with van der Waals surface area (Å²) in [4.78, 5) is 16.0. The molecule has 0 atom stereocenters. The SMILES string of the molecule is O=c1oc(-c2ccc(OC(F)(F)F)cc2)nc2ccccc12. The third-order valence-electron chi connectivity index (χ3n) is 2.87. The number of halogens is 3. The normalized spacial score (nSPS) is 11.6. The van der Waals surface area contributed by atoms with Gasteiger partial charge in [-0.2, -0.15) is 0 Å². The molecule has 0 unspecified atom stereocenters. The Morgan fingerprint density at radius 2 is 1.68 bits per heavy atom. The molecule has 0 saturated heterocycles. The van der Waals surface area contributed by atoms with E-state index in [2.05, 4.69) is 9.72 Å². The van der Waals surface area contributed by atoms with Gasteiger partial charge in [-0.3, -0.25) is 0 Å². The van der Waals surface area contributed by atoms with E-state index in [-0.39, 0.29) is 11.6 Å². The van der Waals surface area contributed by atoms with E-state index in [1.165, 1.54) is 12.1 Å². The first-order valence-corrected chi connectivity index (χ1v) is 6.18. The summed E-state index contributed by atoms with van der Waals surface area (Å²) in [5.74, 6) is -0.332. The van der Waals surface area contributed by atoms with Crippen LogP contribution in [0.2, 0.25) is 0 Å². The van der Waals surface area contributed by atoms with Crippen molar-refractivity contribution in [1.29, 1.82) is 0 Å². The summed E-state index contributed by atoms with van der Waals surface area (Å²) in [7, 11) is 0. The monoisotopic (exact) mass is 307 g/mol. The molecule has 0 spiro atoms. The van der Waals surface area contributed by atoms with Crippen molar-refractivity contribution in [2.75, 3.05) is 0 Å². The number of rotatable bonds is 2. The number of hydrogen-bond acceptors (Lipinski definition) is 4. The third kappa shape index (κ3) is 2.93. The van der Waals surface area contributed by atoms with E-state index >= 15 is 0 Å². The Kier molecular flexibility index (Phi) is 3.32. The molecule has 0 radical (unpaired) electrons. The fraction of sp³-hybridized carbons (Fsp3) is 0.0667. The predicted molar refractivity (Wildman–Crippen MR) is 72.4 cm³/mol. The Labute approximate surface area is 121 Å². The summed E-state index contributed by atoms with van der Waals surface area (Å²) in [6.07, 6.45) is -4.75. The van der Waals surface area contributed by atoms with Crippen LogP contribution in [-0.2, 0) is 0 Å². The number of nitrogens with zero attached hydrogens (tertiary/aromatic N) is 1. The summed E-state index contributed by atoms with van der Waals surface area (Å²) in [5, 5.41) is 0.336. The van der Waals surface area contributed by atoms with Gasteiger partial charge in [-0.05, 0) is 36.4 Å². The Morgan fingerprint density at radius 1 is 1.00 bits per heavy atom. The van der Waals surface area contributed by atoms with Crippen molar-refractivity contribution in [1.82, 2.24) is 4.98 Å². The van der Waals surface area contributed by atoms with Gasteiger partial charge in [0, 0.05) is 5.56 Å². The molecule has 1 heterocycles. The molecule has 0 aliphatic rings. The molecule has 22 heavy (non-hydrogen) atoms. The second-order valence-electron chi connectivity index (χ2n) is 4.40. The minimum atomic E-state index is -4.75. The topological polar surface area (TPSA) is 52.3 Å². The largest absolute Gasteiger partial charge is 0.573 e. The van der Waals surface area contributed by atoms with Gasteiger partial charge >= 0.3 is 12.0 Å².